The molecule has 0 aliphatic heterocycles. The molecule has 9 heteroatoms. The maximum atomic E-state index is 14.7. The highest BCUT2D eigenvalue weighted by Crippen LogP contribution is 2.39. The lowest BCUT2D eigenvalue weighted by atomic mass is 9.77. The first-order valence-corrected chi connectivity index (χ1v) is 8.82. The van der Waals surface area contributed by atoms with Crippen LogP contribution in [0.5, 0.6) is 0 Å². The summed E-state index contributed by atoms with van der Waals surface area (Å²) in [4.78, 5) is 8.57. The maximum absolute atomic E-state index is 14.7. The first kappa shape index (κ1) is 20.4. The molecule has 0 radical (unpaired) electrons. The van der Waals surface area contributed by atoms with E-state index in [-0.39, 0.29) is 17.9 Å². The van der Waals surface area contributed by atoms with Crippen LogP contribution in [0.1, 0.15) is 29.5 Å². The van der Waals surface area contributed by atoms with Gasteiger partial charge in [-0.25, -0.2) is 18.4 Å². The van der Waals surface area contributed by atoms with Gasteiger partial charge < -0.3 is 15.7 Å². The van der Waals surface area contributed by atoms with Gasteiger partial charge in [0.25, 0.3) is 0 Å². The van der Waals surface area contributed by atoms with Crippen LogP contribution in [-0.2, 0) is 17.0 Å². The van der Waals surface area contributed by atoms with Gasteiger partial charge in [-0.05, 0) is 17.7 Å². The summed E-state index contributed by atoms with van der Waals surface area (Å²) in [5.41, 5.74) is 5.33. The summed E-state index contributed by atoms with van der Waals surface area (Å²) in [6, 6.07) is 10.1. The van der Waals surface area contributed by atoms with Crippen molar-refractivity contribution in [3.63, 3.8) is 0 Å². The molecule has 0 aliphatic carbocycles. The van der Waals surface area contributed by atoms with E-state index in [0.717, 1.165) is 12.1 Å². The van der Waals surface area contributed by atoms with Crippen LogP contribution >= 0.6 is 0 Å². The van der Waals surface area contributed by atoms with Crippen LogP contribution in [0.3, 0.4) is 0 Å². The normalized spacial score (nSPS) is 15.0. The summed E-state index contributed by atoms with van der Waals surface area (Å²) in [6.07, 6.45) is 2.73. The van der Waals surface area contributed by atoms with Gasteiger partial charge in [0, 0.05) is 23.1 Å². The van der Waals surface area contributed by atoms with E-state index in [2.05, 4.69) is 15.2 Å². The highest BCUT2D eigenvalue weighted by atomic mass is 19.1. The second-order valence-electron chi connectivity index (χ2n) is 6.65. The van der Waals surface area contributed by atoms with Crippen molar-refractivity contribution in [3.05, 3.63) is 83.4 Å². The molecule has 2 unspecified atom stereocenters. The third kappa shape index (κ3) is 4.24. The van der Waals surface area contributed by atoms with Gasteiger partial charge in [0.05, 0.1) is 6.54 Å². The Morgan fingerprint density at radius 2 is 2.10 bits per heavy atom. The minimum absolute atomic E-state index is 0.0502. The first-order valence-electron chi connectivity index (χ1n) is 8.82. The Hall–Kier alpha value is -3.33. The van der Waals surface area contributed by atoms with Gasteiger partial charge in [0.1, 0.15) is 37.0 Å². The average Bonchev–Trinajstić information content (AvgIpc) is 3.20. The number of nitrogens with two attached hydrogens (primary N) is 1. The van der Waals surface area contributed by atoms with Gasteiger partial charge >= 0.3 is 0 Å². The van der Waals surface area contributed by atoms with E-state index < -0.39 is 23.2 Å². The molecule has 3 N–H and O–H groups in total. The van der Waals surface area contributed by atoms with Gasteiger partial charge in [0.2, 0.25) is 0 Å². The number of amidine groups is 1. The van der Waals surface area contributed by atoms with Crippen LogP contribution in [0.4, 0.5) is 8.78 Å². The number of hydrogen-bond acceptors (Lipinski definition) is 5. The quantitative estimate of drug-likeness (QED) is 0.360. The zero-order chi connectivity index (χ0) is 21.0. The number of hydrogen-bond donors (Lipinski definition) is 2. The summed E-state index contributed by atoms with van der Waals surface area (Å²) in [7, 11) is 1.38. The molecule has 0 fully saturated rings. The summed E-state index contributed by atoms with van der Waals surface area (Å²) in [6.45, 7) is 1.64. The molecule has 7 nitrogen and oxygen atoms in total. The predicted octanol–water partition coefficient (Wildman–Crippen LogP) is 2.51. The van der Waals surface area contributed by atoms with E-state index in [1.165, 1.54) is 30.5 Å². The molecule has 152 valence electrons. The Morgan fingerprint density at radius 3 is 2.76 bits per heavy atom. The molecule has 1 aromatic heterocycles. The molecule has 0 aliphatic rings. The van der Waals surface area contributed by atoms with Crippen molar-refractivity contribution >= 4 is 5.84 Å². The summed E-state index contributed by atoms with van der Waals surface area (Å²) in [5, 5.41) is 19.4. The van der Waals surface area contributed by atoms with Gasteiger partial charge in [-0.2, -0.15) is 5.10 Å². The Kier molecular flexibility index (Phi) is 5.88. The van der Waals surface area contributed by atoms with Gasteiger partial charge in [-0.3, -0.25) is 0 Å². The van der Waals surface area contributed by atoms with E-state index in [0.29, 0.717) is 11.1 Å². The van der Waals surface area contributed by atoms with Crippen molar-refractivity contribution in [2.45, 2.75) is 25.0 Å². The second kappa shape index (κ2) is 8.36. The lowest BCUT2D eigenvalue weighted by Gasteiger charge is -2.35. The first-order chi connectivity index (χ1) is 13.8. The molecule has 2 atom stereocenters. The molecule has 3 aromatic rings. The third-order valence-corrected chi connectivity index (χ3v) is 4.86. The number of nitrogens with zero attached hydrogens (tertiary/aromatic N) is 4. The number of oxime groups is 1. The Bertz CT molecular complexity index is 1010. The standard InChI is InChI=1S/C20H21F2N5O2/c1-13(14-4-3-5-15(8-14)19(23)26-29-2)20(28,10-27-12-24-11-25-27)17-7-6-16(21)9-18(17)22/h3-9,11-13,28H,10H2,1-2H3,(H2,23,26). The number of aromatic nitrogens is 3. The van der Waals surface area contributed by atoms with Crippen LogP contribution in [-0.4, -0.2) is 32.8 Å². The fourth-order valence-electron chi connectivity index (χ4n) is 3.25. The molecule has 3 rings (SSSR count). The molecule has 0 bridgehead atoms. The number of halogens is 2. The van der Waals surface area contributed by atoms with Crippen LogP contribution < -0.4 is 5.73 Å². The number of rotatable bonds is 7. The van der Waals surface area contributed by atoms with Crippen molar-refractivity contribution in [2.24, 2.45) is 10.9 Å². The van der Waals surface area contributed by atoms with Crippen LogP contribution in [0.2, 0.25) is 0 Å². The van der Waals surface area contributed by atoms with Crippen molar-refractivity contribution in [1.82, 2.24) is 14.8 Å². The maximum Gasteiger partial charge on any atom is 0.170 e. The van der Waals surface area contributed by atoms with Gasteiger partial charge in [-0.15, -0.1) is 0 Å². The number of aliphatic hydroxyl groups is 1. The smallest absolute Gasteiger partial charge is 0.170 e. The highest BCUT2D eigenvalue weighted by molar-refractivity contribution is 5.97. The minimum Gasteiger partial charge on any atom is -0.397 e. The largest absolute Gasteiger partial charge is 0.397 e. The highest BCUT2D eigenvalue weighted by Gasteiger charge is 2.40. The second-order valence-corrected chi connectivity index (χ2v) is 6.65. The van der Waals surface area contributed by atoms with Crippen molar-refractivity contribution < 1.29 is 18.7 Å². The van der Waals surface area contributed by atoms with Crippen LogP contribution in [0.15, 0.2) is 60.3 Å². The molecule has 0 amide bonds. The molecular formula is C20H21F2N5O2. The molecule has 1 heterocycles. The predicted molar refractivity (Wildman–Crippen MR) is 103 cm³/mol. The summed E-state index contributed by atoms with van der Waals surface area (Å²) >= 11 is 0. The molecule has 2 aromatic carbocycles. The van der Waals surface area contributed by atoms with Crippen molar-refractivity contribution in [3.8, 4) is 0 Å². The lowest BCUT2D eigenvalue weighted by Crippen LogP contribution is -2.38. The minimum atomic E-state index is -1.75. The third-order valence-electron chi connectivity index (χ3n) is 4.86. The average molecular weight is 401 g/mol. The summed E-state index contributed by atoms with van der Waals surface area (Å²) < 4.78 is 29.5. The monoisotopic (exact) mass is 401 g/mol. The van der Waals surface area contributed by atoms with Crippen LogP contribution in [0, 0.1) is 11.6 Å². The van der Waals surface area contributed by atoms with E-state index in [1.54, 1.807) is 31.2 Å². The van der Waals surface area contributed by atoms with Gasteiger partial charge in [0.15, 0.2) is 5.84 Å². The van der Waals surface area contributed by atoms with E-state index in [4.69, 9.17) is 10.6 Å². The van der Waals surface area contributed by atoms with Crippen LogP contribution in [0.25, 0.3) is 0 Å². The molecular weight excluding hydrogens is 380 g/mol. The Balaban J connectivity index is 2.09. The molecule has 0 saturated carbocycles. The van der Waals surface area contributed by atoms with Crippen molar-refractivity contribution in [2.75, 3.05) is 7.11 Å². The number of benzene rings is 2. The van der Waals surface area contributed by atoms with E-state index in [1.807, 2.05) is 0 Å². The van der Waals surface area contributed by atoms with E-state index >= 15 is 0 Å². The van der Waals surface area contributed by atoms with Crippen molar-refractivity contribution in [1.29, 1.82) is 0 Å². The molecule has 0 saturated heterocycles. The topological polar surface area (TPSA) is 98.6 Å². The fourth-order valence-corrected chi connectivity index (χ4v) is 3.25. The van der Waals surface area contributed by atoms with E-state index in [9.17, 15) is 13.9 Å². The zero-order valence-electron chi connectivity index (χ0n) is 16.0. The Labute approximate surface area is 166 Å². The molecule has 0 spiro atoms. The zero-order valence-corrected chi connectivity index (χ0v) is 16.0. The SMILES string of the molecule is CON=C(N)c1cccc(C(C)C(O)(Cn2cncn2)c2ccc(F)cc2F)c1. The molecule has 29 heavy (non-hydrogen) atoms. The lowest BCUT2D eigenvalue weighted by molar-refractivity contribution is -0.0112. The fraction of sp³-hybridized carbons (Fsp3) is 0.250. The van der Waals surface area contributed by atoms with Gasteiger partial charge in [-0.1, -0.05) is 36.3 Å². The Morgan fingerprint density at radius 1 is 1.31 bits per heavy atom. The summed E-state index contributed by atoms with van der Waals surface area (Å²) in [5.74, 6) is -2.04.